The molecule has 0 aromatic heterocycles. The summed E-state index contributed by atoms with van der Waals surface area (Å²) >= 11 is 0. The Labute approximate surface area is 170 Å². The molecule has 6 nitrogen and oxygen atoms in total. The lowest BCUT2D eigenvalue weighted by atomic mass is 9.97. The molecule has 0 saturated carbocycles. The van der Waals surface area contributed by atoms with Crippen LogP contribution in [0.5, 0.6) is 5.75 Å². The largest absolute Gasteiger partial charge is 0.497 e. The molecule has 1 heterocycles. The Bertz CT molecular complexity index is 939. The maximum absolute atomic E-state index is 13.2. The van der Waals surface area contributed by atoms with E-state index in [9.17, 15) is 17.6 Å². The number of nitrogens with zero attached hydrogens (tertiary/aromatic N) is 1. The SMILES string of the molecule is COc1ccc(S(=O)(=O)N2CCC(C(=O)NCCc3cccc(F)c3)CC2)cc1. The second-order valence-corrected chi connectivity index (χ2v) is 8.96. The molecular formula is C21H25FN2O4S. The average Bonchev–Trinajstić information content (AvgIpc) is 2.74. The van der Waals surface area contributed by atoms with Crippen molar-refractivity contribution in [2.45, 2.75) is 24.2 Å². The number of benzene rings is 2. The number of carbonyl (C=O) groups is 1. The molecule has 1 amide bonds. The smallest absolute Gasteiger partial charge is 0.243 e. The Hall–Kier alpha value is -2.45. The standard InChI is InChI=1S/C21H25FN2O4S/c1-28-19-5-7-20(8-6-19)29(26,27)24-13-10-17(11-14-24)21(25)23-12-9-16-3-2-4-18(22)15-16/h2-8,15,17H,9-14H2,1H3,(H,23,25). The third-order valence-corrected chi connectivity index (χ3v) is 7.04. The number of methoxy groups -OCH3 is 1. The first kappa shape index (κ1) is 21.3. The quantitative estimate of drug-likeness (QED) is 0.747. The van der Waals surface area contributed by atoms with Gasteiger partial charge in [0.15, 0.2) is 0 Å². The summed E-state index contributed by atoms with van der Waals surface area (Å²) in [6.07, 6.45) is 1.50. The van der Waals surface area contributed by atoms with Gasteiger partial charge in [-0.25, -0.2) is 12.8 Å². The lowest BCUT2D eigenvalue weighted by Gasteiger charge is -2.30. The number of hydrogen-bond donors (Lipinski definition) is 1. The summed E-state index contributed by atoms with van der Waals surface area (Å²) < 4.78 is 45.2. The fourth-order valence-corrected chi connectivity index (χ4v) is 4.89. The highest BCUT2D eigenvalue weighted by Gasteiger charge is 2.31. The molecule has 29 heavy (non-hydrogen) atoms. The van der Waals surface area contributed by atoms with E-state index in [1.54, 1.807) is 18.2 Å². The van der Waals surface area contributed by atoms with E-state index in [2.05, 4.69) is 5.32 Å². The zero-order valence-corrected chi connectivity index (χ0v) is 17.1. The van der Waals surface area contributed by atoms with Crippen molar-refractivity contribution in [1.82, 2.24) is 9.62 Å². The van der Waals surface area contributed by atoms with Crippen molar-refractivity contribution in [3.63, 3.8) is 0 Å². The molecule has 0 spiro atoms. The number of halogens is 1. The normalized spacial score (nSPS) is 15.8. The highest BCUT2D eigenvalue weighted by atomic mass is 32.2. The van der Waals surface area contributed by atoms with Crippen LogP contribution in [0.1, 0.15) is 18.4 Å². The molecule has 0 bridgehead atoms. The topological polar surface area (TPSA) is 75.7 Å². The van der Waals surface area contributed by atoms with Gasteiger partial charge in [-0.05, 0) is 61.2 Å². The highest BCUT2D eigenvalue weighted by Crippen LogP contribution is 2.25. The molecule has 8 heteroatoms. The predicted octanol–water partition coefficient (Wildman–Crippen LogP) is 2.59. The number of piperidine rings is 1. The number of ether oxygens (including phenoxy) is 1. The predicted molar refractivity (Wildman–Crippen MR) is 108 cm³/mol. The van der Waals surface area contributed by atoms with Gasteiger partial charge in [0.1, 0.15) is 11.6 Å². The van der Waals surface area contributed by atoms with Gasteiger partial charge in [-0.15, -0.1) is 0 Å². The van der Waals surface area contributed by atoms with Gasteiger partial charge in [0.05, 0.1) is 12.0 Å². The molecule has 0 atom stereocenters. The van der Waals surface area contributed by atoms with Crippen molar-refractivity contribution < 1.29 is 22.3 Å². The molecule has 1 aliphatic rings. The van der Waals surface area contributed by atoms with E-state index >= 15 is 0 Å². The van der Waals surface area contributed by atoms with E-state index in [4.69, 9.17) is 4.74 Å². The van der Waals surface area contributed by atoms with Crippen LogP contribution in [0.4, 0.5) is 4.39 Å². The van der Waals surface area contributed by atoms with Crippen molar-refractivity contribution in [1.29, 1.82) is 0 Å². The Morgan fingerprint density at radius 1 is 1.17 bits per heavy atom. The van der Waals surface area contributed by atoms with Gasteiger partial charge >= 0.3 is 0 Å². The lowest BCUT2D eigenvalue weighted by molar-refractivity contribution is -0.126. The fourth-order valence-electron chi connectivity index (χ4n) is 3.42. The second kappa shape index (κ2) is 9.37. The average molecular weight is 421 g/mol. The second-order valence-electron chi connectivity index (χ2n) is 7.02. The Kier molecular flexibility index (Phi) is 6.87. The molecule has 156 valence electrons. The molecule has 1 fully saturated rings. The van der Waals surface area contributed by atoms with Crippen molar-refractivity contribution >= 4 is 15.9 Å². The van der Waals surface area contributed by atoms with Crippen LogP contribution in [0.3, 0.4) is 0 Å². The van der Waals surface area contributed by atoms with E-state index in [1.807, 2.05) is 6.07 Å². The van der Waals surface area contributed by atoms with E-state index < -0.39 is 10.0 Å². The third kappa shape index (κ3) is 5.33. The molecule has 2 aromatic carbocycles. The monoisotopic (exact) mass is 420 g/mol. The molecule has 1 N–H and O–H groups in total. The minimum absolute atomic E-state index is 0.0806. The summed E-state index contributed by atoms with van der Waals surface area (Å²) in [4.78, 5) is 12.6. The summed E-state index contributed by atoms with van der Waals surface area (Å²) in [7, 11) is -2.06. The van der Waals surface area contributed by atoms with Crippen LogP contribution in [0.25, 0.3) is 0 Å². The van der Waals surface area contributed by atoms with E-state index in [0.29, 0.717) is 44.6 Å². The summed E-state index contributed by atoms with van der Waals surface area (Å²) in [5.74, 6) is 0.00423. The van der Waals surface area contributed by atoms with Crippen molar-refractivity contribution in [2.75, 3.05) is 26.7 Å². The Balaban J connectivity index is 1.49. The molecule has 3 rings (SSSR count). The van der Waals surface area contributed by atoms with E-state index in [0.717, 1.165) is 5.56 Å². The van der Waals surface area contributed by atoms with Crippen molar-refractivity contribution in [3.05, 3.63) is 59.9 Å². The Morgan fingerprint density at radius 3 is 2.48 bits per heavy atom. The van der Waals surface area contributed by atoms with Gasteiger partial charge in [-0.1, -0.05) is 12.1 Å². The molecule has 1 aliphatic heterocycles. The zero-order valence-electron chi connectivity index (χ0n) is 16.3. The number of nitrogens with one attached hydrogen (secondary N) is 1. The highest BCUT2D eigenvalue weighted by molar-refractivity contribution is 7.89. The van der Waals surface area contributed by atoms with Crippen LogP contribution in [0.15, 0.2) is 53.4 Å². The van der Waals surface area contributed by atoms with Gasteiger partial charge in [-0.2, -0.15) is 4.31 Å². The number of sulfonamides is 1. The van der Waals surface area contributed by atoms with Gasteiger partial charge in [0.25, 0.3) is 0 Å². The van der Waals surface area contributed by atoms with Gasteiger partial charge in [0.2, 0.25) is 15.9 Å². The third-order valence-electron chi connectivity index (χ3n) is 5.12. The van der Waals surface area contributed by atoms with Crippen LogP contribution in [-0.4, -0.2) is 45.4 Å². The van der Waals surface area contributed by atoms with Gasteiger partial charge < -0.3 is 10.1 Å². The van der Waals surface area contributed by atoms with Crippen LogP contribution < -0.4 is 10.1 Å². The van der Waals surface area contributed by atoms with Crippen molar-refractivity contribution in [3.8, 4) is 5.75 Å². The summed E-state index contributed by atoms with van der Waals surface area (Å²) in [5.41, 5.74) is 0.825. The summed E-state index contributed by atoms with van der Waals surface area (Å²) in [6.45, 7) is 1.03. The maximum Gasteiger partial charge on any atom is 0.243 e. The van der Waals surface area contributed by atoms with Crippen LogP contribution >= 0.6 is 0 Å². The number of amides is 1. The zero-order chi connectivity index (χ0) is 20.9. The first-order valence-electron chi connectivity index (χ1n) is 9.56. The minimum atomic E-state index is -3.58. The van der Waals surface area contributed by atoms with E-state index in [-0.39, 0.29) is 22.5 Å². The van der Waals surface area contributed by atoms with Crippen LogP contribution in [-0.2, 0) is 21.2 Å². The van der Waals surface area contributed by atoms with Crippen molar-refractivity contribution in [2.24, 2.45) is 5.92 Å². The summed E-state index contributed by atoms with van der Waals surface area (Å²) in [5, 5.41) is 2.87. The fraction of sp³-hybridized carbons (Fsp3) is 0.381. The molecule has 0 aliphatic carbocycles. The molecule has 1 saturated heterocycles. The minimum Gasteiger partial charge on any atom is -0.497 e. The van der Waals surface area contributed by atoms with Crippen LogP contribution in [0.2, 0.25) is 0 Å². The molecule has 2 aromatic rings. The summed E-state index contributed by atoms with van der Waals surface area (Å²) in [6, 6.07) is 12.6. The first-order valence-corrected chi connectivity index (χ1v) is 11.0. The first-order chi connectivity index (χ1) is 13.9. The number of carbonyl (C=O) groups excluding carboxylic acids is 1. The van der Waals surface area contributed by atoms with Crippen LogP contribution in [0, 0.1) is 11.7 Å². The molecule has 0 unspecified atom stereocenters. The van der Waals surface area contributed by atoms with Gasteiger partial charge in [-0.3, -0.25) is 4.79 Å². The van der Waals surface area contributed by atoms with Gasteiger partial charge in [0, 0.05) is 25.6 Å². The molecule has 0 radical (unpaired) electrons. The maximum atomic E-state index is 13.2. The lowest BCUT2D eigenvalue weighted by Crippen LogP contribution is -2.43. The number of rotatable bonds is 7. The molecular weight excluding hydrogens is 395 g/mol. The number of hydrogen-bond acceptors (Lipinski definition) is 4. The Morgan fingerprint density at radius 2 is 1.86 bits per heavy atom. The van der Waals surface area contributed by atoms with E-state index in [1.165, 1.54) is 35.7 Å².